The second-order valence-corrected chi connectivity index (χ2v) is 10.7. The summed E-state index contributed by atoms with van der Waals surface area (Å²) in [6.45, 7) is 3.82. The number of halogens is 4. The fourth-order valence-corrected chi connectivity index (χ4v) is 5.07. The van der Waals surface area contributed by atoms with E-state index in [1.54, 1.807) is 6.34 Å². The fourth-order valence-electron chi connectivity index (χ4n) is 4.54. The first-order valence-corrected chi connectivity index (χ1v) is 13.2. The van der Waals surface area contributed by atoms with E-state index in [9.17, 15) is 18.0 Å². The van der Waals surface area contributed by atoms with E-state index in [0.717, 1.165) is 39.2 Å². The van der Waals surface area contributed by atoms with E-state index in [1.165, 1.54) is 12.8 Å². The Kier molecular flexibility index (Phi) is 8.37. The van der Waals surface area contributed by atoms with E-state index in [2.05, 4.69) is 26.2 Å². The number of nitrogens with one attached hydrogen (secondary N) is 1. The van der Waals surface area contributed by atoms with E-state index < -0.39 is 19.0 Å². The van der Waals surface area contributed by atoms with Crippen molar-refractivity contribution in [2.75, 3.05) is 31.2 Å². The highest BCUT2D eigenvalue weighted by Gasteiger charge is 2.30. The number of benzene rings is 1. The van der Waals surface area contributed by atoms with Gasteiger partial charge < -0.3 is 10.2 Å². The van der Waals surface area contributed by atoms with E-state index >= 15 is 0 Å². The minimum Gasteiger partial charge on any atom is -0.352 e. The molecule has 1 amide bonds. The van der Waals surface area contributed by atoms with Crippen LogP contribution >= 0.6 is 15.9 Å². The molecule has 0 bridgehead atoms. The molecule has 1 atom stereocenters. The van der Waals surface area contributed by atoms with Gasteiger partial charge in [-0.1, -0.05) is 28.8 Å². The zero-order chi connectivity index (χ0) is 25.9. The van der Waals surface area contributed by atoms with Crippen LogP contribution in [0.25, 0.3) is 0 Å². The van der Waals surface area contributed by atoms with Crippen LogP contribution in [0, 0.1) is 19.8 Å². The molecule has 1 heterocycles. The average Bonchev–Trinajstić information content (AvgIpc) is 3.67. The van der Waals surface area contributed by atoms with Gasteiger partial charge in [-0.2, -0.15) is 0 Å². The van der Waals surface area contributed by atoms with Gasteiger partial charge in [-0.05, 0) is 73.6 Å². The Morgan fingerprint density at radius 3 is 2.75 bits per heavy atom. The monoisotopic (exact) mass is 564 g/mol. The predicted molar refractivity (Wildman–Crippen MR) is 143 cm³/mol. The number of amides is 1. The molecular formula is C27H32BrF3N4O. The molecule has 1 unspecified atom stereocenters. The van der Waals surface area contributed by atoms with Crippen LogP contribution in [0.15, 0.2) is 44.3 Å². The second kappa shape index (κ2) is 11.3. The zero-order valence-electron chi connectivity index (χ0n) is 20.7. The summed E-state index contributed by atoms with van der Waals surface area (Å²) in [5.74, 6) is -2.55. The standard InChI is InChI=1S/C27H32BrF3N4O/c1-17-18(2)24(7-6-22(17)26(36)33-11-8-19-4-5-19)35-14-20-12-21(28)13-23(25(20)34-16-35)32-10-3-9-27(30,31)15-29/h6-7,12-13,16,19,25H,3-5,8-11,14-15H2,1-2H3,(H,33,36). The van der Waals surface area contributed by atoms with Gasteiger partial charge in [-0.25, -0.2) is 13.2 Å². The molecule has 0 radical (unpaired) electrons. The number of nitrogens with zero attached hydrogens (tertiary/aromatic N) is 3. The van der Waals surface area contributed by atoms with E-state index in [1.807, 2.05) is 43.0 Å². The van der Waals surface area contributed by atoms with Crippen molar-refractivity contribution in [3.05, 3.63) is 51.0 Å². The van der Waals surface area contributed by atoms with Crippen molar-refractivity contribution in [2.45, 2.75) is 57.9 Å². The molecule has 1 saturated carbocycles. The summed E-state index contributed by atoms with van der Waals surface area (Å²) in [6, 6.07) is 3.55. The van der Waals surface area contributed by atoms with Crippen molar-refractivity contribution in [1.82, 2.24) is 5.32 Å². The number of hydrogen-bond donors (Lipinski definition) is 1. The molecule has 0 saturated heterocycles. The van der Waals surface area contributed by atoms with Crippen LogP contribution in [-0.2, 0) is 0 Å². The van der Waals surface area contributed by atoms with Crippen molar-refractivity contribution < 1.29 is 18.0 Å². The number of rotatable bonds is 10. The topological polar surface area (TPSA) is 57.1 Å². The first-order chi connectivity index (χ1) is 17.2. The van der Waals surface area contributed by atoms with Crippen molar-refractivity contribution in [2.24, 2.45) is 15.9 Å². The third-order valence-electron chi connectivity index (χ3n) is 6.99. The van der Waals surface area contributed by atoms with Crippen LogP contribution in [0.1, 0.15) is 53.6 Å². The van der Waals surface area contributed by atoms with Crippen LogP contribution in [0.5, 0.6) is 0 Å². The van der Waals surface area contributed by atoms with Crippen LogP contribution in [-0.4, -0.2) is 56.2 Å². The molecule has 1 aromatic rings. The quantitative estimate of drug-likeness (QED) is 0.349. The summed E-state index contributed by atoms with van der Waals surface area (Å²) < 4.78 is 39.5. The minimum absolute atomic E-state index is 0.0376. The smallest absolute Gasteiger partial charge is 0.276 e. The molecular weight excluding hydrogens is 533 g/mol. The molecule has 9 heteroatoms. The third-order valence-corrected chi connectivity index (χ3v) is 7.44. The first-order valence-electron chi connectivity index (χ1n) is 12.4. The minimum atomic E-state index is -3.29. The Morgan fingerprint density at radius 1 is 1.25 bits per heavy atom. The van der Waals surface area contributed by atoms with Gasteiger partial charge in [0.2, 0.25) is 0 Å². The lowest BCUT2D eigenvalue weighted by Crippen LogP contribution is -2.38. The summed E-state index contributed by atoms with van der Waals surface area (Å²) in [5, 5.41) is 3.04. The lowest BCUT2D eigenvalue weighted by Gasteiger charge is -2.33. The third kappa shape index (κ3) is 6.47. The van der Waals surface area contributed by atoms with Crippen molar-refractivity contribution in [3.8, 4) is 0 Å². The molecule has 2 aliphatic carbocycles. The maximum absolute atomic E-state index is 13.2. The highest BCUT2D eigenvalue weighted by atomic mass is 79.9. The van der Waals surface area contributed by atoms with Gasteiger partial charge in [0.15, 0.2) is 6.67 Å². The normalized spacial score (nSPS) is 20.8. The van der Waals surface area contributed by atoms with E-state index in [4.69, 9.17) is 4.99 Å². The number of allylic oxidation sites excluding steroid dienone is 2. The highest BCUT2D eigenvalue weighted by Crippen LogP contribution is 2.33. The molecule has 3 aliphatic rings. The fraction of sp³-hybridized carbons (Fsp3) is 0.519. The maximum Gasteiger partial charge on any atom is 0.276 e. The Bertz CT molecular complexity index is 1120. The number of carbonyl (C=O) groups excluding carboxylic acids is 1. The van der Waals surface area contributed by atoms with Crippen molar-refractivity contribution in [1.29, 1.82) is 0 Å². The Labute approximate surface area is 218 Å². The summed E-state index contributed by atoms with van der Waals surface area (Å²) >= 11 is 3.52. The van der Waals surface area contributed by atoms with Gasteiger partial charge in [0.25, 0.3) is 11.8 Å². The Balaban J connectivity index is 1.45. The molecule has 1 fully saturated rings. The van der Waals surface area contributed by atoms with Gasteiger partial charge in [-0.15, -0.1) is 0 Å². The number of fused-ring (bicyclic) bond motifs is 1. The van der Waals surface area contributed by atoms with Gasteiger partial charge in [0.05, 0.1) is 12.1 Å². The average molecular weight is 565 g/mol. The SMILES string of the molecule is Cc1c(C(=O)NCCC2CC2)ccc(N2C=NC3C(=CC(Br)=CC3=NCCCC(F)(F)CF)C2)c1C. The van der Waals surface area contributed by atoms with Crippen LogP contribution < -0.4 is 10.2 Å². The molecule has 1 N–H and O–H groups in total. The van der Waals surface area contributed by atoms with Crippen molar-refractivity contribution >= 4 is 39.6 Å². The molecule has 36 heavy (non-hydrogen) atoms. The van der Waals surface area contributed by atoms with Gasteiger partial charge >= 0.3 is 0 Å². The number of carbonyl (C=O) groups is 1. The molecule has 5 nitrogen and oxygen atoms in total. The molecule has 1 aliphatic heterocycles. The predicted octanol–water partition coefficient (Wildman–Crippen LogP) is 6.10. The van der Waals surface area contributed by atoms with Gasteiger partial charge in [0, 0.05) is 41.8 Å². The molecule has 0 spiro atoms. The lowest BCUT2D eigenvalue weighted by atomic mass is 9.94. The lowest BCUT2D eigenvalue weighted by molar-refractivity contribution is -0.0309. The summed E-state index contributed by atoms with van der Waals surface area (Å²) in [7, 11) is 0. The van der Waals surface area contributed by atoms with Gasteiger partial charge in [0.1, 0.15) is 6.04 Å². The van der Waals surface area contributed by atoms with Gasteiger partial charge in [-0.3, -0.25) is 14.8 Å². The van der Waals surface area contributed by atoms with E-state index in [0.29, 0.717) is 24.4 Å². The van der Waals surface area contributed by atoms with Crippen LogP contribution in [0.3, 0.4) is 0 Å². The summed E-state index contributed by atoms with van der Waals surface area (Å²) in [4.78, 5) is 23.9. The first kappa shape index (κ1) is 26.6. The number of aliphatic imine (C=N–C) groups is 2. The Hall–Kier alpha value is -2.42. The second-order valence-electron chi connectivity index (χ2n) is 9.81. The molecule has 1 aromatic carbocycles. The molecule has 4 rings (SSSR count). The molecule has 194 valence electrons. The van der Waals surface area contributed by atoms with Crippen LogP contribution in [0.2, 0.25) is 0 Å². The van der Waals surface area contributed by atoms with Crippen molar-refractivity contribution in [3.63, 3.8) is 0 Å². The number of hydrogen-bond acceptors (Lipinski definition) is 4. The largest absolute Gasteiger partial charge is 0.352 e. The summed E-state index contributed by atoms with van der Waals surface area (Å²) in [5.41, 5.74) is 5.35. The Morgan fingerprint density at radius 2 is 2.03 bits per heavy atom. The number of alkyl halides is 3. The maximum atomic E-state index is 13.2. The highest BCUT2D eigenvalue weighted by molar-refractivity contribution is 9.11. The zero-order valence-corrected chi connectivity index (χ0v) is 22.3. The van der Waals surface area contributed by atoms with Crippen LogP contribution in [0.4, 0.5) is 18.9 Å². The van der Waals surface area contributed by atoms with E-state index in [-0.39, 0.29) is 24.9 Å². The number of anilines is 1. The summed E-state index contributed by atoms with van der Waals surface area (Å²) in [6.07, 6.45) is 8.80. The molecule has 0 aromatic heterocycles.